The average Bonchev–Trinajstić information content (AvgIpc) is 2.55. The van der Waals surface area contributed by atoms with Gasteiger partial charge in [-0.05, 0) is 39.9 Å². The summed E-state index contributed by atoms with van der Waals surface area (Å²) in [5, 5.41) is 20.0. The molecule has 0 aliphatic rings. The zero-order valence-corrected chi connectivity index (χ0v) is 14.5. The molecule has 10 heteroatoms. The Morgan fingerprint density at radius 3 is 1.88 bits per heavy atom. The molecular weight excluding hydrogens is 316 g/mol. The molecule has 0 spiro atoms. The van der Waals surface area contributed by atoms with Crippen LogP contribution >= 0.6 is 0 Å². The molecule has 0 aromatic heterocycles. The normalized spacial score (nSPS) is 15.8. The van der Waals surface area contributed by atoms with Crippen LogP contribution in [0.5, 0.6) is 0 Å². The van der Waals surface area contributed by atoms with E-state index in [9.17, 15) is 19.5 Å². The van der Waals surface area contributed by atoms with Crippen molar-refractivity contribution in [3.63, 3.8) is 0 Å². The summed E-state index contributed by atoms with van der Waals surface area (Å²) in [6.07, 6.45) is -0.532. The number of amides is 3. The van der Waals surface area contributed by atoms with Crippen molar-refractivity contribution in [1.82, 2.24) is 21.3 Å². The Bertz CT molecular complexity index is 418. The van der Waals surface area contributed by atoms with Crippen LogP contribution in [0, 0.1) is 0 Å². The zero-order chi connectivity index (χ0) is 18.7. The Morgan fingerprint density at radius 1 is 0.917 bits per heavy atom. The van der Waals surface area contributed by atoms with Crippen LogP contribution in [0.3, 0.4) is 0 Å². The van der Waals surface area contributed by atoms with E-state index in [0.717, 1.165) is 0 Å². The molecule has 4 atom stereocenters. The van der Waals surface area contributed by atoms with Crippen LogP contribution in [0.1, 0.15) is 19.8 Å². The number of hydrogen-bond donors (Lipinski definition) is 7. The SMILES string of the molecule is CNC(=O)C(CCN)NC(=O)[C@H](NC(=O)C(CCN)NC)[C@H](C)O. The van der Waals surface area contributed by atoms with Crippen LogP contribution in [0.2, 0.25) is 0 Å². The van der Waals surface area contributed by atoms with E-state index in [1.54, 1.807) is 7.05 Å². The summed E-state index contributed by atoms with van der Waals surface area (Å²) in [5.41, 5.74) is 10.9. The predicted molar refractivity (Wildman–Crippen MR) is 89.8 cm³/mol. The van der Waals surface area contributed by atoms with Crippen molar-refractivity contribution in [3.05, 3.63) is 0 Å². The molecule has 10 nitrogen and oxygen atoms in total. The van der Waals surface area contributed by atoms with Crippen molar-refractivity contribution in [3.8, 4) is 0 Å². The summed E-state index contributed by atoms with van der Waals surface area (Å²) in [7, 11) is 3.04. The van der Waals surface area contributed by atoms with E-state index in [-0.39, 0.29) is 13.0 Å². The molecule has 2 unspecified atom stereocenters. The highest BCUT2D eigenvalue weighted by molar-refractivity contribution is 5.93. The van der Waals surface area contributed by atoms with Crippen LogP contribution in [-0.2, 0) is 14.4 Å². The van der Waals surface area contributed by atoms with Crippen LogP contribution in [-0.4, -0.2) is 74.2 Å². The molecular formula is C14H30N6O4. The number of aliphatic hydroxyl groups excluding tert-OH is 1. The Labute approximate surface area is 142 Å². The Morgan fingerprint density at radius 2 is 1.46 bits per heavy atom. The molecule has 3 amide bonds. The number of hydrogen-bond acceptors (Lipinski definition) is 7. The van der Waals surface area contributed by atoms with Crippen LogP contribution in [0.15, 0.2) is 0 Å². The summed E-state index contributed by atoms with van der Waals surface area (Å²) in [4.78, 5) is 36.2. The number of nitrogens with one attached hydrogen (secondary N) is 4. The maximum Gasteiger partial charge on any atom is 0.245 e. The van der Waals surface area contributed by atoms with Crippen LogP contribution in [0.25, 0.3) is 0 Å². The smallest absolute Gasteiger partial charge is 0.245 e. The van der Waals surface area contributed by atoms with Crippen molar-refractivity contribution in [2.45, 2.75) is 44.0 Å². The van der Waals surface area contributed by atoms with Gasteiger partial charge >= 0.3 is 0 Å². The number of nitrogens with two attached hydrogens (primary N) is 2. The standard InChI is InChI=1S/C14H30N6O4/c1-8(21)11(20-13(23)9(17-2)4-6-15)14(24)19-10(5-7-16)12(22)18-3/h8-11,17,21H,4-7,15-16H2,1-3H3,(H,18,22)(H,19,24)(H,20,23)/t8-,9?,10?,11+/m0/s1. The highest BCUT2D eigenvalue weighted by Crippen LogP contribution is 2.00. The molecule has 24 heavy (non-hydrogen) atoms. The second-order valence-electron chi connectivity index (χ2n) is 5.40. The summed E-state index contributed by atoms with van der Waals surface area (Å²) in [6.45, 7) is 1.86. The van der Waals surface area contributed by atoms with Gasteiger partial charge < -0.3 is 37.8 Å². The van der Waals surface area contributed by atoms with Crippen molar-refractivity contribution >= 4 is 17.7 Å². The van der Waals surface area contributed by atoms with Gasteiger partial charge in [0.05, 0.1) is 12.1 Å². The Hall–Kier alpha value is -1.75. The first-order valence-electron chi connectivity index (χ1n) is 7.90. The molecule has 0 radical (unpaired) electrons. The van der Waals surface area contributed by atoms with Gasteiger partial charge in [0.25, 0.3) is 0 Å². The van der Waals surface area contributed by atoms with Gasteiger partial charge in [-0.15, -0.1) is 0 Å². The highest BCUT2D eigenvalue weighted by atomic mass is 16.3. The maximum absolute atomic E-state index is 12.3. The van der Waals surface area contributed by atoms with Gasteiger partial charge in [-0.1, -0.05) is 0 Å². The molecule has 0 saturated carbocycles. The fourth-order valence-corrected chi connectivity index (χ4v) is 2.10. The highest BCUT2D eigenvalue weighted by Gasteiger charge is 2.30. The minimum absolute atomic E-state index is 0.197. The summed E-state index contributed by atoms with van der Waals surface area (Å²) in [6, 6.07) is -2.62. The summed E-state index contributed by atoms with van der Waals surface area (Å²) < 4.78 is 0. The van der Waals surface area contributed by atoms with Crippen molar-refractivity contribution in [2.24, 2.45) is 11.5 Å². The van der Waals surface area contributed by atoms with E-state index < -0.39 is 42.0 Å². The average molecular weight is 346 g/mol. The van der Waals surface area contributed by atoms with Crippen molar-refractivity contribution in [2.75, 3.05) is 27.2 Å². The molecule has 0 fully saturated rings. The number of rotatable bonds is 11. The lowest BCUT2D eigenvalue weighted by Crippen LogP contribution is -2.59. The Balaban J connectivity index is 4.99. The van der Waals surface area contributed by atoms with E-state index in [2.05, 4.69) is 21.3 Å². The third kappa shape index (κ3) is 7.21. The molecule has 0 aromatic rings. The first-order valence-corrected chi connectivity index (χ1v) is 7.90. The third-order valence-corrected chi connectivity index (χ3v) is 3.52. The van der Waals surface area contributed by atoms with Crippen molar-refractivity contribution in [1.29, 1.82) is 0 Å². The van der Waals surface area contributed by atoms with E-state index in [1.807, 2.05) is 0 Å². The second-order valence-corrected chi connectivity index (χ2v) is 5.40. The van der Waals surface area contributed by atoms with Crippen LogP contribution in [0.4, 0.5) is 0 Å². The topological polar surface area (TPSA) is 172 Å². The van der Waals surface area contributed by atoms with E-state index in [4.69, 9.17) is 11.5 Å². The van der Waals surface area contributed by atoms with Gasteiger partial charge in [0, 0.05) is 7.05 Å². The maximum atomic E-state index is 12.3. The number of carbonyl (C=O) groups is 3. The first-order chi connectivity index (χ1) is 11.3. The van der Waals surface area contributed by atoms with E-state index in [1.165, 1.54) is 14.0 Å². The lowest BCUT2D eigenvalue weighted by atomic mass is 10.1. The minimum Gasteiger partial charge on any atom is -0.391 e. The fourth-order valence-electron chi connectivity index (χ4n) is 2.10. The van der Waals surface area contributed by atoms with E-state index >= 15 is 0 Å². The molecule has 0 aliphatic carbocycles. The molecule has 0 saturated heterocycles. The number of likely N-dealkylation sites (N-methyl/N-ethyl adjacent to an activating group) is 2. The van der Waals surface area contributed by atoms with Gasteiger partial charge in [-0.25, -0.2) is 0 Å². The van der Waals surface area contributed by atoms with Gasteiger partial charge in [-0.2, -0.15) is 0 Å². The minimum atomic E-state index is -1.20. The quantitative estimate of drug-likeness (QED) is 0.202. The van der Waals surface area contributed by atoms with Gasteiger partial charge in [0.1, 0.15) is 12.1 Å². The fraction of sp³-hybridized carbons (Fsp3) is 0.786. The third-order valence-electron chi connectivity index (χ3n) is 3.52. The molecule has 0 aliphatic heterocycles. The predicted octanol–water partition coefficient (Wildman–Crippen LogP) is -3.63. The van der Waals surface area contributed by atoms with Crippen LogP contribution < -0.4 is 32.7 Å². The lowest BCUT2D eigenvalue weighted by Gasteiger charge is -2.26. The number of carbonyl (C=O) groups excluding carboxylic acids is 3. The molecule has 140 valence electrons. The molecule has 0 bridgehead atoms. The molecule has 0 heterocycles. The Kier molecular flexibility index (Phi) is 10.9. The molecule has 0 rings (SSSR count). The second kappa shape index (κ2) is 11.7. The van der Waals surface area contributed by atoms with Gasteiger partial charge in [-0.3, -0.25) is 14.4 Å². The number of aliphatic hydroxyl groups is 1. The largest absolute Gasteiger partial charge is 0.391 e. The monoisotopic (exact) mass is 346 g/mol. The molecule has 0 aromatic carbocycles. The first kappa shape index (κ1) is 22.2. The molecule has 9 N–H and O–H groups in total. The zero-order valence-electron chi connectivity index (χ0n) is 14.5. The summed E-state index contributed by atoms with van der Waals surface area (Å²) >= 11 is 0. The van der Waals surface area contributed by atoms with E-state index in [0.29, 0.717) is 13.0 Å². The lowest BCUT2D eigenvalue weighted by molar-refractivity contribution is -0.134. The van der Waals surface area contributed by atoms with Gasteiger partial charge in [0.2, 0.25) is 17.7 Å². The van der Waals surface area contributed by atoms with Gasteiger partial charge in [0.15, 0.2) is 0 Å². The van der Waals surface area contributed by atoms with Crippen molar-refractivity contribution < 1.29 is 19.5 Å². The summed E-state index contributed by atoms with van der Waals surface area (Å²) in [5.74, 6) is -1.52.